The van der Waals surface area contributed by atoms with Gasteiger partial charge in [0.05, 0.1) is 12.1 Å². The number of carbonyl (C=O) groups excluding carboxylic acids is 1. The number of rotatable bonds is 3. The van der Waals surface area contributed by atoms with E-state index in [0.29, 0.717) is 42.0 Å². The molecule has 162 valence electrons. The number of anilines is 1. The topological polar surface area (TPSA) is 89.1 Å². The van der Waals surface area contributed by atoms with Crippen LogP contribution in [0.1, 0.15) is 41.4 Å². The number of hydrogen-bond donors (Lipinski definition) is 1. The molecule has 1 aromatic carbocycles. The average Bonchev–Trinajstić information content (AvgIpc) is 3.38. The number of nitrogens with zero attached hydrogens (tertiary/aromatic N) is 5. The Morgan fingerprint density at radius 2 is 1.97 bits per heavy atom. The number of alkyl halides is 3. The first-order valence-electron chi connectivity index (χ1n) is 9.91. The Bertz CT molecular complexity index is 1130. The monoisotopic (exact) mass is 432 g/mol. The highest BCUT2D eigenvalue weighted by molar-refractivity contribution is 5.89. The summed E-state index contributed by atoms with van der Waals surface area (Å²) in [5.41, 5.74) is 1.91. The first-order valence-corrected chi connectivity index (χ1v) is 9.91. The van der Waals surface area contributed by atoms with Gasteiger partial charge in [-0.2, -0.15) is 23.3 Å². The fraction of sp³-hybridized carbons (Fsp3) is 0.400. The largest absolute Gasteiger partial charge is 0.416 e. The number of aromatic nitrogens is 4. The lowest BCUT2D eigenvalue weighted by Gasteiger charge is -2.27. The Balaban J connectivity index is 1.33. The molecule has 0 spiro atoms. The Hall–Kier alpha value is -3.37. The molecule has 1 aliphatic carbocycles. The van der Waals surface area contributed by atoms with E-state index < -0.39 is 17.8 Å². The number of halogens is 3. The normalized spacial score (nSPS) is 16.3. The number of fused-ring (bicyclic) bond motifs is 1. The molecule has 0 radical (unpaired) electrons. The van der Waals surface area contributed by atoms with Crippen molar-refractivity contribution < 1.29 is 22.5 Å². The van der Waals surface area contributed by atoms with E-state index in [4.69, 9.17) is 4.52 Å². The van der Waals surface area contributed by atoms with Crippen LogP contribution in [-0.4, -0.2) is 37.4 Å². The second-order valence-corrected chi connectivity index (χ2v) is 7.81. The van der Waals surface area contributed by atoms with Crippen LogP contribution in [0.5, 0.6) is 0 Å². The molecule has 3 aromatic rings. The van der Waals surface area contributed by atoms with E-state index in [0.717, 1.165) is 36.2 Å². The lowest BCUT2D eigenvalue weighted by molar-refractivity contribution is -0.137. The van der Waals surface area contributed by atoms with Gasteiger partial charge in [0.15, 0.2) is 11.5 Å². The number of amides is 2. The summed E-state index contributed by atoms with van der Waals surface area (Å²) in [7, 11) is 1.83. The standard InChI is InChI=1S/C20H19F3N6O2/c1-28-15-8-9-29(19(30)24-13-6-4-12(5-7-13)20(21,22)23)10-14(15)16(26-28)18-25-17(27-31-18)11-2-3-11/h4-7,11H,2-3,8-10H2,1H3,(H,24,30). The van der Waals surface area contributed by atoms with Crippen molar-refractivity contribution in [3.8, 4) is 11.6 Å². The lowest BCUT2D eigenvalue weighted by Crippen LogP contribution is -2.39. The molecule has 0 saturated heterocycles. The van der Waals surface area contributed by atoms with Crippen molar-refractivity contribution >= 4 is 11.7 Å². The molecule has 2 aliphatic rings. The highest BCUT2D eigenvalue weighted by atomic mass is 19.4. The van der Waals surface area contributed by atoms with E-state index in [2.05, 4.69) is 20.6 Å². The molecule has 11 heteroatoms. The van der Waals surface area contributed by atoms with Gasteiger partial charge < -0.3 is 14.7 Å². The van der Waals surface area contributed by atoms with Crippen LogP contribution < -0.4 is 5.32 Å². The van der Waals surface area contributed by atoms with Gasteiger partial charge in [0.2, 0.25) is 0 Å². The van der Waals surface area contributed by atoms with Crippen molar-refractivity contribution in [2.75, 3.05) is 11.9 Å². The first kappa shape index (κ1) is 19.6. The molecule has 0 bridgehead atoms. The average molecular weight is 432 g/mol. The van der Waals surface area contributed by atoms with Gasteiger partial charge in [-0.05, 0) is 37.1 Å². The van der Waals surface area contributed by atoms with Crippen LogP contribution in [0, 0.1) is 0 Å². The maximum Gasteiger partial charge on any atom is 0.416 e. The van der Waals surface area contributed by atoms with Crippen LogP contribution in [0.2, 0.25) is 0 Å². The number of hydrogen-bond acceptors (Lipinski definition) is 5. The van der Waals surface area contributed by atoms with E-state index in [1.807, 2.05) is 7.05 Å². The first-order chi connectivity index (χ1) is 14.8. The molecule has 1 N–H and O–H groups in total. The molecule has 2 aromatic heterocycles. The Morgan fingerprint density at radius 1 is 1.23 bits per heavy atom. The molecule has 5 rings (SSSR count). The second kappa shape index (κ2) is 7.10. The molecule has 3 heterocycles. The fourth-order valence-corrected chi connectivity index (χ4v) is 3.72. The number of carbonyl (C=O) groups is 1. The highest BCUT2D eigenvalue weighted by Crippen LogP contribution is 2.39. The molecule has 1 aliphatic heterocycles. The minimum Gasteiger partial charge on any atom is -0.332 e. The Morgan fingerprint density at radius 3 is 2.65 bits per heavy atom. The van der Waals surface area contributed by atoms with Gasteiger partial charge in [-0.15, -0.1) is 0 Å². The van der Waals surface area contributed by atoms with Gasteiger partial charge in [0.25, 0.3) is 5.89 Å². The minimum atomic E-state index is -4.42. The van der Waals surface area contributed by atoms with E-state index in [1.54, 1.807) is 9.58 Å². The lowest BCUT2D eigenvalue weighted by atomic mass is 10.1. The third-order valence-electron chi connectivity index (χ3n) is 5.58. The maximum atomic E-state index is 12.7. The molecule has 1 fully saturated rings. The summed E-state index contributed by atoms with van der Waals surface area (Å²) in [6, 6.07) is 3.96. The zero-order valence-electron chi connectivity index (χ0n) is 16.6. The third-order valence-corrected chi connectivity index (χ3v) is 5.58. The SMILES string of the molecule is Cn1nc(-c2nc(C3CC3)no2)c2c1CCN(C(=O)Nc1ccc(C(F)(F)F)cc1)C2. The van der Waals surface area contributed by atoms with Crippen LogP contribution in [0.15, 0.2) is 28.8 Å². The van der Waals surface area contributed by atoms with Crippen molar-refractivity contribution in [3.63, 3.8) is 0 Å². The maximum absolute atomic E-state index is 12.7. The van der Waals surface area contributed by atoms with Crippen LogP contribution in [0.25, 0.3) is 11.6 Å². The molecule has 1 saturated carbocycles. The zero-order valence-corrected chi connectivity index (χ0v) is 16.6. The van der Waals surface area contributed by atoms with Crippen molar-refractivity contribution in [1.82, 2.24) is 24.8 Å². The predicted octanol–water partition coefficient (Wildman–Crippen LogP) is 3.96. The van der Waals surface area contributed by atoms with Crippen molar-refractivity contribution in [2.45, 2.75) is 37.9 Å². The summed E-state index contributed by atoms with van der Waals surface area (Å²) in [4.78, 5) is 18.8. The quantitative estimate of drug-likeness (QED) is 0.677. The van der Waals surface area contributed by atoms with Gasteiger partial charge in [-0.25, -0.2) is 4.79 Å². The molecule has 31 heavy (non-hydrogen) atoms. The van der Waals surface area contributed by atoms with Gasteiger partial charge in [0, 0.05) is 42.9 Å². The van der Waals surface area contributed by atoms with Gasteiger partial charge in [-0.3, -0.25) is 4.68 Å². The van der Waals surface area contributed by atoms with Crippen LogP contribution >= 0.6 is 0 Å². The molecule has 0 unspecified atom stereocenters. The number of nitrogens with one attached hydrogen (secondary N) is 1. The number of urea groups is 1. The summed E-state index contributed by atoms with van der Waals surface area (Å²) in [6.45, 7) is 0.738. The Kier molecular flexibility index (Phi) is 4.49. The fourth-order valence-electron chi connectivity index (χ4n) is 3.72. The van der Waals surface area contributed by atoms with Crippen LogP contribution in [-0.2, 0) is 26.2 Å². The van der Waals surface area contributed by atoms with E-state index in [9.17, 15) is 18.0 Å². The van der Waals surface area contributed by atoms with Crippen molar-refractivity contribution in [3.05, 3.63) is 46.9 Å². The zero-order chi connectivity index (χ0) is 21.8. The summed E-state index contributed by atoms with van der Waals surface area (Å²) in [5, 5.41) is 11.2. The smallest absolute Gasteiger partial charge is 0.332 e. The summed E-state index contributed by atoms with van der Waals surface area (Å²) in [5.74, 6) is 1.37. The van der Waals surface area contributed by atoms with Crippen LogP contribution in [0.4, 0.5) is 23.7 Å². The number of aryl methyl sites for hydroxylation is 1. The molecule has 0 atom stereocenters. The predicted molar refractivity (Wildman–Crippen MR) is 103 cm³/mol. The van der Waals surface area contributed by atoms with E-state index in [-0.39, 0.29) is 6.54 Å². The summed E-state index contributed by atoms with van der Waals surface area (Å²) >= 11 is 0. The summed E-state index contributed by atoms with van der Waals surface area (Å²) in [6.07, 6.45) is -1.73. The molecular formula is C20H19F3N6O2. The third kappa shape index (κ3) is 3.75. The molecular weight excluding hydrogens is 413 g/mol. The van der Waals surface area contributed by atoms with Gasteiger partial charge in [0.1, 0.15) is 0 Å². The van der Waals surface area contributed by atoms with Gasteiger partial charge >= 0.3 is 12.2 Å². The highest BCUT2D eigenvalue weighted by Gasteiger charge is 2.33. The van der Waals surface area contributed by atoms with Gasteiger partial charge in [-0.1, -0.05) is 5.16 Å². The van der Waals surface area contributed by atoms with Crippen molar-refractivity contribution in [1.29, 1.82) is 0 Å². The Labute approximate surface area is 175 Å². The van der Waals surface area contributed by atoms with Crippen LogP contribution in [0.3, 0.4) is 0 Å². The summed E-state index contributed by atoms with van der Waals surface area (Å²) < 4.78 is 45.3. The molecule has 2 amide bonds. The second-order valence-electron chi connectivity index (χ2n) is 7.81. The van der Waals surface area contributed by atoms with E-state index in [1.165, 1.54) is 12.1 Å². The number of benzene rings is 1. The molecule has 8 nitrogen and oxygen atoms in total. The van der Waals surface area contributed by atoms with Crippen molar-refractivity contribution in [2.24, 2.45) is 7.05 Å². The van der Waals surface area contributed by atoms with E-state index >= 15 is 0 Å². The minimum absolute atomic E-state index is 0.284.